The molecule has 0 fully saturated rings. The maximum absolute atomic E-state index is 12.8. The Kier molecular flexibility index (Phi) is 42.7. The van der Waals surface area contributed by atoms with Gasteiger partial charge in [-0.1, -0.05) is 240 Å². The van der Waals surface area contributed by atoms with Crippen LogP contribution >= 0.6 is 0 Å². The fourth-order valence-corrected chi connectivity index (χ4v) is 7.64. The Morgan fingerprint density at radius 3 is 0.860 bits per heavy atom. The molecule has 0 rings (SSSR count). The number of esters is 3. The van der Waals surface area contributed by atoms with Crippen LogP contribution in [0.1, 0.15) is 279 Å². The van der Waals surface area contributed by atoms with Crippen molar-refractivity contribution < 1.29 is 28.6 Å². The summed E-state index contributed by atoms with van der Waals surface area (Å²) in [6, 6.07) is 0. The van der Waals surface area contributed by atoms with Crippen molar-refractivity contribution in [3.8, 4) is 0 Å². The van der Waals surface area contributed by atoms with E-state index >= 15 is 0 Å². The molecule has 338 valence electrons. The molecule has 0 aromatic carbocycles. The van der Waals surface area contributed by atoms with Crippen molar-refractivity contribution in [1.82, 2.24) is 0 Å². The molecule has 1 atom stereocenters. The summed E-state index contributed by atoms with van der Waals surface area (Å²) in [4.78, 5) is 37.8. The molecule has 57 heavy (non-hydrogen) atoms. The van der Waals surface area contributed by atoms with Gasteiger partial charge in [-0.2, -0.15) is 0 Å². The Labute approximate surface area is 355 Å². The zero-order chi connectivity index (χ0) is 41.9. The van der Waals surface area contributed by atoms with E-state index in [0.29, 0.717) is 19.3 Å². The minimum atomic E-state index is -0.761. The van der Waals surface area contributed by atoms with Crippen molar-refractivity contribution in [2.24, 2.45) is 11.8 Å². The van der Waals surface area contributed by atoms with Crippen molar-refractivity contribution in [3.63, 3.8) is 0 Å². The number of ether oxygens (including phenoxy) is 3. The minimum Gasteiger partial charge on any atom is -0.462 e. The number of hydrogen-bond donors (Lipinski definition) is 0. The molecule has 0 aromatic rings. The SMILES string of the molecule is CCCCCCCCCCCCC(=O)OC[C@@H](COC(=O)CCCCCCCCCCCCC(C)C)OC(=O)CCCCCCCCCCCCCCCC(C)C. The highest BCUT2D eigenvalue weighted by atomic mass is 16.6. The molecule has 0 radical (unpaired) electrons. The van der Waals surface area contributed by atoms with Gasteiger partial charge in [-0.05, 0) is 31.1 Å². The molecule has 0 aliphatic heterocycles. The zero-order valence-electron chi connectivity index (χ0n) is 39.0. The second kappa shape index (κ2) is 44.0. The van der Waals surface area contributed by atoms with Gasteiger partial charge in [0.2, 0.25) is 0 Å². The summed E-state index contributed by atoms with van der Waals surface area (Å²) in [5.41, 5.74) is 0. The summed E-state index contributed by atoms with van der Waals surface area (Å²) in [7, 11) is 0. The zero-order valence-corrected chi connectivity index (χ0v) is 39.0. The number of unbranched alkanes of at least 4 members (excludes halogenated alkanes) is 30. The molecule has 0 saturated carbocycles. The standard InChI is InChI=1S/C51H98O6/c1-6-7-8-9-10-11-21-26-31-36-41-49(52)55-44-48(45-56-50(53)42-37-32-27-22-18-17-20-25-30-35-40-47(4)5)57-51(54)43-38-33-28-23-16-14-12-13-15-19-24-29-34-39-46(2)3/h46-48H,6-45H2,1-5H3/t48-/m0/s1. The van der Waals surface area contributed by atoms with E-state index in [2.05, 4.69) is 34.6 Å². The lowest BCUT2D eigenvalue weighted by atomic mass is 10.0. The molecule has 0 heterocycles. The molecule has 0 N–H and O–H groups in total. The molecule has 0 aliphatic carbocycles. The first-order valence-electron chi connectivity index (χ1n) is 25.2. The van der Waals surface area contributed by atoms with Crippen molar-refractivity contribution >= 4 is 17.9 Å². The van der Waals surface area contributed by atoms with E-state index in [-0.39, 0.29) is 31.1 Å². The van der Waals surface area contributed by atoms with Gasteiger partial charge in [0.15, 0.2) is 6.10 Å². The first-order chi connectivity index (χ1) is 27.7. The van der Waals surface area contributed by atoms with Crippen LogP contribution in [0, 0.1) is 11.8 Å². The van der Waals surface area contributed by atoms with E-state index in [9.17, 15) is 14.4 Å². The van der Waals surface area contributed by atoms with E-state index in [1.807, 2.05) is 0 Å². The van der Waals surface area contributed by atoms with E-state index in [4.69, 9.17) is 14.2 Å². The smallest absolute Gasteiger partial charge is 0.306 e. The van der Waals surface area contributed by atoms with Crippen LogP contribution in [0.15, 0.2) is 0 Å². The maximum atomic E-state index is 12.8. The van der Waals surface area contributed by atoms with Crippen molar-refractivity contribution in [3.05, 3.63) is 0 Å². The fourth-order valence-electron chi connectivity index (χ4n) is 7.64. The van der Waals surface area contributed by atoms with Gasteiger partial charge in [0.1, 0.15) is 13.2 Å². The molecule has 6 heteroatoms. The first-order valence-corrected chi connectivity index (χ1v) is 25.2. The van der Waals surface area contributed by atoms with Gasteiger partial charge in [0, 0.05) is 19.3 Å². The third-order valence-corrected chi connectivity index (χ3v) is 11.5. The van der Waals surface area contributed by atoms with E-state index in [1.54, 1.807) is 0 Å². The average molecular weight is 807 g/mol. The van der Waals surface area contributed by atoms with E-state index < -0.39 is 6.10 Å². The number of carbonyl (C=O) groups is 3. The van der Waals surface area contributed by atoms with Crippen LogP contribution in [0.3, 0.4) is 0 Å². The molecule has 0 aromatic heterocycles. The van der Waals surface area contributed by atoms with Gasteiger partial charge in [0.25, 0.3) is 0 Å². The Balaban J connectivity index is 4.30. The summed E-state index contributed by atoms with van der Waals surface area (Å²) in [5, 5.41) is 0. The summed E-state index contributed by atoms with van der Waals surface area (Å²) >= 11 is 0. The summed E-state index contributed by atoms with van der Waals surface area (Å²) in [5.74, 6) is 0.806. The highest BCUT2D eigenvalue weighted by Gasteiger charge is 2.19. The summed E-state index contributed by atoms with van der Waals surface area (Å²) in [6.45, 7) is 11.4. The number of carbonyl (C=O) groups excluding carboxylic acids is 3. The number of hydrogen-bond acceptors (Lipinski definition) is 6. The molecule has 0 bridgehead atoms. The predicted molar refractivity (Wildman–Crippen MR) is 243 cm³/mol. The van der Waals surface area contributed by atoms with Crippen LogP contribution in [-0.4, -0.2) is 37.2 Å². The Morgan fingerprint density at radius 1 is 0.333 bits per heavy atom. The predicted octanol–water partition coefficient (Wildman–Crippen LogP) is 16.1. The Morgan fingerprint density at radius 2 is 0.579 bits per heavy atom. The molecule has 0 saturated heterocycles. The fraction of sp³-hybridized carbons (Fsp3) is 0.941. The maximum Gasteiger partial charge on any atom is 0.306 e. The van der Waals surface area contributed by atoms with Gasteiger partial charge in [-0.3, -0.25) is 14.4 Å². The van der Waals surface area contributed by atoms with E-state index in [0.717, 1.165) is 69.6 Å². The minimum absolute atomic E-state index is 0.0640. The van der Waals surface area contributed by atoms with Crippen LogP contribution in [-0.2, 0) is 28.6 Å². The Hall–Kier alpha value is -1.59. The van der Waals surface area contributed by atoms with Crippen LogP contribution < -0.4 is 0 Å². The second-order valence-electron chi connectivity index (χ2n) is 18.4. The molecular weight excluding hydrogens is 709 g/mol. The van der Waals surface area contributed by atoms with Gasteiger partial charge in [0.05, 0.1) is 0 Å². The Bertz CT molecular complexity index is 870. The summed E-state index contributed by atoms with van der Waals surface area (Å²) < 4.78 is 16.8. The number of rotatable bonds is 45. The quantitative estimate of drug-likeness (QED) is 0.0346. The van der Waals surface area contributed by atoms with Crippen LogP contribution in [0.5, 0.6) is 0 Å². The third kappa shape index (κ3) is 45.3. The lowest BCUT2D eigenvalue weighted by Crippen LogP contribution is -2.30. The molecule has 0 spiro atoms. The second-order valence-corrected chi connectivity index (χ2v) is 18.4. The van der Waals surface area contributed by atoms with Gasteiger partial charge < -0.3 is 14.2 Å². The van der Waals surface area contributed by atoms with E-state index in [1.165, 1.54) is 167 Å². The molecule has 0 unspecified atom stereocenters. The topological polar surface area (TPSA) is 78.9 Å². The highest BCUT2D eigenvalue weighted by molar-refractivity contribution is 5.71. The molecule has 0 aliphatic rings. The first kappa shape index (κ1) is 55.4. The third-order valence-electron chi connectivity index (χ3n) is 11.5. The monoisotopic (exact) mass is 807 g/mol. The van der Waals surface area contributed by atoms with Gasteiger partial charge >= 0.3 is 17.9 Å². The average Bonchev–Trinajstić information content (AvgIpc) is 3.18. The normalized spacial score (nSPS) is 12.1. The van der Waals surface area contributed by atoms with Crippen molar-refractivity contribution in [2.75, 3.05) is 13.2 Å². The molecular formula is C51H98O6. The molecule has 6 nitrogen and oxygen atoms in total. The van der Waals surface area contributed by atoms with Gasteiger partial charge in [-0.15, -0.1) is 0 Å². The van der Waals surface area contributed by atoms with Crippen LogP contribution in [0.25, 0.3) is 0 Å². The summed E-state index contributed by atoms with van der Waals surface area (Å²) in [6.07, 6.45) is 43.7. The highest BCUT2D eigenvalue weighted by Crippen LogP contribution is 2.17. The largest absolute Gasteiger partial charge is 0.462 e. The lowest BCUT2D eigenvalue weighted by Gasteiger charge is -2.18. The van der Waals surface area contributed by atoms with Crippen molar-refractivity contribution in [2.45, 2.75) is 285 Å². The van der Waals surface area contributed by atoms with Crippen LogP contribution in [0.2, 0.25) is 0 Å². The van der Waals surface area contributed by atoms with Gasteiger partial charge in [-0.25, -0.2) is 0 Å². The molecule has 0 amide bonds. The van der Waals surface area contributed by atoms with Crippen molar-refractivity contribution in [1.29, 1.82) is 0 Å². The van der Waals surface area contributed by atoms with Crippen LogP contribution in [0.4, 0.5) is 0 Å². The lowest BCUT2D eigenvalue weighted by molar-refractivity contribution is -0.167.